The van der Waals surface area contributed by atoms with Gasteiger partial charge in [-0.15, -0.1) is 5.54 Å². The summed E-state index contributed by atoms with van der Waals surface area (Å²) >= 11 is 0. The van der Waals surface area contributed by atoms with Crippen molar-refractivity contribution in [2.45, 2.75) is 39.3 Å². The molecule has 0 radical (unpaired) electrons. The van der Waals surface area contributed by atoms with Crippen LogP contribution in [0.5, 0.6) is 0 Å². The molecule has 0 aliphatic heterocycles. The van der Waals surface area contributed by atoms with Crippen molar-refractivity contribution >= 4 is 16.4 Å². The topological polar surface area (TPSA) is 9.23 Å². The average Bonchev–Trinajstić information content (AvgIpc) is 1.92. The van der Waals surface area contributed by atoms with Gasteiger partial charge in [-0.05, 0) is 25.7 Å². The first kappa shape index (κ1) is 13.7. The lowest BCUT2D eigenvalue weighted by molar-refractivity contribution is 0.357. The lowest BCUT2D eigenvalue weighted by Gasteiger charge is -2.14. The quantitative estimate of drug-likeness (QED) is 0.530. The summed E-state index contributed by atoms with van der Waals surface area (Å²) < 4.78 is 5.66. The standard InChI is InChI=1S/C11H22OSi2/c1-13(2,3)11-9-7-8-10-12-14(4,5)6/h7-8H,10H2,1-6H3/b8-7+. The van der Waals surface area contributed by atoms with Crippen LogP contribution in [0.2, 0.25) is 39.3 Å². The van der Waals surface area contributed by atoms with Crippen molar-refractivity contribution in [3.8, 4) is 11.5 Å². The predicted octanol–water partition coefficient (Wildman–Crippen LogP) is 3.27. The van der Waals surface area contributed by atoms with Gasteiger partial charge in [-0.2, -0.15) is 0 Å². The van der Waals surface area contributed by atoms with Crippen molar-refractivity contribution in [1.29, 1.82) is 0 Å². The highest BCUT2D eigenvalue weighted by atomic mass is 28.4. The Kier molecular flexibility index (Phi) is 5.42. The SMILES string of the molecule is C[Si](C)(C)C#C/C=C/CO[Si](C)(C)C. The number of allylic oxidation sites excluding steroid dienone is 1. The molecule has 0 atom stereocenters. The molecule has 0 saturated carbocycles. The number of hydrogen-bond acceptors (Lipinski definition) is 1. The van der Waals surface area contributed by atoms with Gasteiger partial charge in [0.1, 0.15) is 8.07 Å². The molecule has 80 valence electrons. The van der Waals surface area contributed by atoms with E-state index in [1.165, 1.54) is 0 Å². The Labute approximate surface area is 90.7 Å². The van der Waals surface area contributed by atoms with Gasteiger partial charge >= 0.3 is 0 Å². The summed E-state index contributed by atoms with van der Waals surface area (Å²) in [6, 6.07) is 0. The summed E-state index contributed by atoms with van der Waals surface area (Å²) in [4.78, 5) is 0. The van der Waals surface area contributed by atoms with Crippen LogP contribution in [0.3, 0.4) is 0 Å². The van der Waals surface area contributed by atoms with Crippen LogP contribution >= 0.6 is 0 Å². The Morgan fingerprint density at radius 1 is 1.07 bits per heavy atom. The third-order valence-electron chi connectivity index (χ3n) is 1.26. The molecule has 0 rings (SSSR count). The first-order chi connectivity index (χ1) is 6.21. The molecule has 14 heavy (non-hydrogen) atoms. The fraction of sp³-hybridized carbons (Fsp3) is 0.636. The van der Waals surface area contributed by atoms with E-state index in [1.807, 2.05) is 12.2 Å². The minimum atomic E-state index is -1.34. The van der Waals surface area contributed by atoms with E-state index in [0.29, 0.717) is 6.61 Å². The summed E-state index contributed by atoms with van der Waals surface area (Å²) in [5, 5.41) is 0. The van der Waals surface area contributed by atoms with Gasteiger partial charge in [0.25, 0.3) is 0 Å². The van der Waals surface area contributed by atoms with Gasteiger partial charge in [-0.3, -0.25) is 0 Å². The van der Waals surface area contributed by atoms with Crippen LogP contribution in [0.1, 0.15) is 0 Å². The van der Waals surface area contributed by atoms with E-state index in [0.717, 1.165) is 0 Å². The second kappa shape index (κ2) is 5.54. The molecule has 0 aromatic rings. The zero-order valence-electron chi connectivity index (χ0n) is 10.3. The minimum Gasteiger partial charge on any atom is -0.414 e. The molecule has 3 heteroatoms. The van der Waals surface area contributed by atoms with Crippen molar-refractivity contribution in [3.63, 3.8) is 0 Å². The lowest BCUT2D eigenvalue weighted by Crippen LogP contribution is -2.25. The molecule has 0 N–H and O–H groups in total. The fourth-order valence-electron chi connectivity index (χ4n) is 0.663. The molecule has 0 aliphatic carbocycles. The molecule has 0 aromatic carbocycles. The Morgan fingerprint density at radius 2 is 1.64 bits per heavy atom. The average molecular weight is 226 g/mol. The molecule has 0 unspecified atom stereocenters. The Hall–Kier alpha value is -0.306. The molecule has 0 aliphatic rings. The third-order valence-corrected chi connectivity index (χ3v) is 3.19. The maximum absolute atomic E-state index is 5.66. The molecular weight excluding hydrogens is 204 g/mol. The second-order valence-electron chi connectivity index (χ2n) is 5.35. The van der Waals surface area contributed by atoms with E-state index in [4.69, 9.17) is 4.43 Å². The zero-order valence-corrected chi connectivity index (χ0v) is 12.3. The van der Waals surface area contributed by atoms with Gasteiger partial charge in [-0.25, -0.2) is 0 Å². The maximum Gasteiger partial charge on any atom is 0.184 e. The van der Waals surface area contributed by atoms with E-state index in [9.17, 15) is 0 Å². The van der Waals surface area contributed by atoms with Crippen molar-refractivity contribution in [1.82, 2.24) is 0 Å². The normalized spacial score (nSPS) is 12.7. The molecule has 0 aromatic heterocycles. The molecular formula is C11H22OSi2. The van der Waals surface area contributed by atoms with Gasteiger partial charge in [0.2, 0.25) is 0 Å². The fourth-order valence-corrected chi connectivity index (χ4v) is 1.78. The summed E-state index contributed by atoms with van der Waals surface area (Å²) in [7, 11) is -2.54. The van der Waals surface area contributed by atoms with Gasteiger partial charge < -0.3 is 4.43 Å². The molecule has 0 amide bonds. The monoisotopic (exact) mass is 226 g/mol. The highest BCUT2D eigenvalue weighted by Crippen LogP contribution is 2.01. The zero-order chi connectivity index (χ0) is 11.2. The van der Waals surface area contributed by atoms with Gasteiger partial charge in [0.15, 0.2) is 8.32 Å². The second-order valence-corrected chi connectivity index (χ2v) is 14.6. The van der Waals surface area contributed by atoms with E-state index < -0.39 is 16.4 Å². The highest BCUT2D eigenvalue weighted by Gasteiger charge is 2.12. The molecule has 0 spiro atoms. The summed E-state index contributed by atoms with van der Waals surface area (Å²) in [5.41, 5.74) is 3.28. The van der Waals surface area contributed by atoms with Crippen LogP contribution in [-0.2, 0) is 4.43 Å². The van der Waals surface area contributed by atoms with Crippen LogP contribution in [-0.4, -0.2) is 23.0 Å². The summed E-state index contributed by atoms with van der Waals surface area (Å²) in [6.07, 6.45) is 3.92. The first-order valence-electron chi connectivity index (χ1n) is 5.02. The van der Waals surface area contributed by atoms with Crippen LogP contribution < -0.4 is 0 Å². The van der Waals surface area contributed by atoms with Gasteiger partial charge in [0, 0.05) is 0 Å². The van der Waals surface area contributed by atoms with Crippen LogP contribution in [0, 0.1) is 11.5 Å². The van der Waals surface area contributed by atoms with Crippen LogP contribution in [0.25, 0.3) is 0 Å². The number of rotatable bonds is 3. The van der Waals surface area contributed by atoms with Crippen molar-refractivity contribution < 1.29 is 4.43 Å². The van der Waals surface area contributed by atoms with E-state index in [2.05, 4.69) is 50.7 Å². The molecule has 0 fully saturated rings. The van der Waals surface area contributed by atoms with E-state index in [1.54, 1.807) is 0 Å². The van der Waals surface area contributed by atoms with Gasteiger partial charge in [-0.1, -0.05) is 31.6 Å². The summed E-state index contributed by atoms with van der Waals surface area (Å²) in [5.74, 6) is 3.08. The first-order valence-corrected chi connectivity index (χ1v) is 11.9. The summed E-state index contributed by atoms with van der Waals surface area (Å²) in [6.45, 7) is 14.0. The number of hydrogen-bond donors (Lipinski definition) is 0. The minimum absolute atomic E-state index is 0.704. The Morgan fingerprint density at radius 3 is 2.07 bits per heavy atom. The molecule has 0 heterocycles. The Bertz CT molecular complexity index is 245. The molecule has 1 nitrogen and oxygen atoms in total. The van der Waals surface area contributed by atoms with Crippen LogP contribution in [0.4, 0.5) is 0 Å². The Balaban J connectivity index is 3.80. The maximum atomic E-state index is 5.66. The largest absolute Gasteiger partial charge is 0.414 e. The van der Waals surface area contributed by atoms with Crippen molar-refractivity contribution in [2.75, 3.05) is 6.61 Å². The molecule has 0 saturated heterocycles. The van der Waals surface area contributed by atoms with E-state index in [-0.39, 0.29) is 0 Å². The van der Waals surface area contributed by atoms with Crippen molar-refractivity contribution in [2.24, 2.45) is 0 Å². The lowest BCUT2D eigenvalue weighted by atomic mass is 10.5. The van der Waals surface area contributed by atoms with Crippen LogP contribution in [0.15, 0.2) is 12.2 Å². The molecule has 0 bridgehead atoms. The van der Waals surface area contributed by atoms with Crippen molar-refractivity contribution in [3.05, 3.63) is 12.2 Å². The van der Waals surface area contributed by atoms with Gasteiger partial charge in [0.05, 0.1) is 6.61 Å². The van der Waals surface area contributed by atoms with E-state index >= 15 is 0 Å². The smallest absolute Gasteiger partial charge is 0.184 e. The predicted molar refractivity (Wildman–Crippen MR) is 69.6 cm³/mol. The third kappa shape index (κ3) is 11.7. The highest BCUT2D eigenvalue weighted by molar-refractivity contribution is 6.83.